The number of morpholine rings is 1. The smallest absolute Gasteiger partial charge is 0.257 e. The molecule has 206 valence electrons. The lowest BCUT2D eigenvalue weighted by atomic mass is 10.1. The van der Waals surface area contributed by atoms with Crippen LogP contribution in [0.5, 0.6) is 0 Å². The van der Waals surface area contributed by atoms with Crippen LogP contribution in [0.15, 0.2) is 79.3 Å². The second-order valence-corrected chi connectivity index (χ2v) is 9.86. The van der Waals surface area contributed by atoms with Crippen molar-refractivity contribution in [1.29, 1.82) is 0 Å². The molecule has 1 aliphatic rings. The highest BCUT2D eigenvalue weighted by Crippen LogP contribution is 2.30. The largest absolute Gasteiger partial charge is 0.378 e. The first-order chi connectivity index (χ1) is 20.0. The van der Waals surface area contributed by atoms with Crippen molar-refractivity contribution >= 4 is 51.2 Å². The van der Waals surface area contributed by atoms with Crippen LogP contribution in [0.1, 0.15) is 21.7 Å². The van der Waals surface area contributed by atoms with E-state index in [1.54, 1.807) is 36.8 Å². The molecule has 5 aromatic rings. The summed E-state index contributed by atoms with van der Waals surface area (Å²) < 4.78 is 5.51. The van der Waals surface area contributed by atoms with Gasteiger partial charge in [0.05, 0.1) is 36.3 Å². The number of fused-ring (bicyclic) bond motifs is 1. The van der Waals surface area contributed by atoms with Gasteiger partial charge in [0.1, 0.15) is 11.6 Å². The Balaban J connectivity index is 1.17. The van der Waals surface area contributed by atoms with Crippen LogP contribution in [0.25, 0.3) is 10.9 Å². The predicted molar refractivity (Wildman–Crippen MR) is 161 cm³/mol. The van der Waals surface area contributed by atoms with Crippen LogP contribution in [0, 0.1) is 13.8 Å². The molecule has 3 N–H and O–H groups in total. The highest BCUT2D eigenvalue weighted by molar-refractivity contribution is 6.04. The zero-order valence-corrected chi connectivity index (χ0v) is 22.9. The number of rotatable bonds is 7. The number of anilines is 6. The minimum Gasteiger partial charge on any atom is -0.378 e. The first kappa shape index (κ1) is 26.1. The monoisotopic (exact) mass is 546 g/mol. The van der Waals surface area contributed by atoms with Crippen LogP contribution in [-0.2, 0) is 4.74 Å². The molecule has 1 saturated heterocycles. The molecule has 6 rings (SSSR count). The second-order valence-electron chi connectivity index (χ2n) is 9.86. The van der Waals surface area contributed by atoms with Gasteiger partial charge in [-0.3, -0.25) is 14.8 Å². The maximum atomic E-state index is 13.1. The molecule has 1 fully saturated rings. The van der Waals surface area contributed by atoms with Crippen LogP contribution in [0.3, 0.4) is 0 Å². The number of carbonyl (C=O) groups is 1. The van der Waals surface area contributed by atoms with E-state index in [0.717, 1.165) is 71.3 Å². The molecule has 10 heteroatoms. The quantitative estimate of drug-likeness (QED) is 0.239. The first-order valence-corrected chi connectivity index (χ1v) is 13.4. The molecule has 41 heavy (non-hydrogen) atoms. The molecule has 10 nitrogen and oxygen atoms in total. The van der Waals surface area contributed by atoms with E-state index in [-0.39, 0.29) is 5.91 Å². The Hall–Kier alpha value is -5.09. The Morgan fingerprint density at radius 2 is 1.66 bits per heavy atom. The van der Waals surface area contributed by atoms with Gasteiger partial charge in [0, 0.05) is 59.2 Å². The molecule has 0 aliphatic carbocycles. The topological polar surface area (TPSA) is 117 Å². The summed E-state index contributed by atoms with van der Waals surface area (Å²) in [4.78, 5) is 33.1. The summed E-state index contributed by atoms with van der Waals surface area (Å²) in [5.74, 6) is 0.726. The predicted octanol–water partition coefficient (Wildman–Crippen LogP) is 5.61. The Kier molecular flexibility index (Phi) is 7.38. The molecule has 1 aliphatic heterocycles. The first-order valence-electron chi connectivity index (χ1n) is 13.4. The number of nitrogens with zero attached hydrogens (tertiary/aromatic N) is 5. The van der Waals surface area contributed by atoms with Crippen molar-refractivity contribution in [3.8, 4) is 0 Å². The van der Waals surface area contributed by atoms with Crippen molar-refractivity contribution in [1.82, 2.24) is 19.9 Å². The van der Waals surface area contributed by atoms with Gasteiger partial charge in [-0.1, -0.05) is 0 Å². The number of aromatic nitrogens is 4. The summed E-state index contributed by atoms with van der Waals surface area (Å²) in [6.45, 7) is 7.04. The molecular formula is C31H30N8O2. The van der Waals surface area contributed by atoms with Crippen LogP contribution < -0.4 is 20.9 Å². The molecule has 4 aromatic heterocycles. The van der Waals surface area contributed by atoms with E-state index in [9.17, 15) is 4.79 Å². The molecule has 0 unspecified atom stereocenters. The minimum atomic E-state index is -0.279. The summed E-state index contributed by atoms with van der Waals surface area (Å²) in [6, 6.07) is 19.1. The van der Waals surface area contributed by atoms with E-state index < -0.39 is 0 Å². The van der Waals surface area contributed by atoms with Crippen molar-refractivity contribution in [3.05, 3.63) is 96.2 Å². The maximum Gasteiger partial charge on any atom is 0.257 e. The number of pyridine rings is 4. The van der Waals surface area contributed by atoms with Crippen molar-refractivity contribution in [2.45, 2.75) is 13.8 Å². The van der Waals surface area contributed by atoms with Crippen molar-refractivity contribution in [2.75, 3.05) is 47.2 Å². The zero-order valence-electron chi connectivity index (χ0n) is 22.9. The highest BCUT2D eigenvalue weighted by atomic mass is 16.5. The third-order valence-corrected chi connectivity index (χ3v) is 6.77. The van der Waals surface area contributed by atoms with Gasteiger partial charge in [-0.05, 0) is 74.5 Å². The molecule has 0 radical (unpaired) electrons. The van der Waals surface area contributed by atoms with E-state index in [2.05, 4.69) is 47.9 Å². The summed E-state index contributed by atoms with van der Waals surface area (Å²) >= 11 is 0. The summed E-state index contributed by atoms with van der Waals surface area (Å²) in [7, 11) is 0. The molecule has 0 spiro atoms. The number of hydrogen-bond donors (Lipinski definition) is 3. The van der Waals surface area contributed by atoms with Crippen LogP contribution in [0.4, 0.5) is 34.4 Å². The summed E-state index contributed by atoms with van der Waals surface area (Å²) in [5, 5.41) is 10.5. The fraction of sp³-hybridized carbons (Fsp3) is 0.194. The van der Waals surface area contributed by atoms with E-state index in [1.807, 2.05) is 44.2 Å². The van der Waals surface area contributed by atoms with Crippen molar-refractivity contribution in [3.63, 3.8) is 0 Å². The molecule has 0 atom stereocenters. The Morgan fingerprint density at radius 1 is 0.805 bits per heavy atom. The van der Waals surface area contributed by atoms with Crippen LogP contribution in [0.2, 0.25) is 0 Å². The van der Waals surface area contributed by atoms with Gasteiger partial charge in [0.2, 0.25) is 0 Å². The lowest BCUT2D eigenvalue weighted by Crippen LogP contribution is -2.36. The number of hydrogen-bond acceptors (Lipinski definition) is 9. The molecule has 0 bridgehead atoms. The van der Waals surface area contributed by atoms with E-state index in [1.165, 1.54) is 0 Å². The summed E-state index contributed by atoms with van der Waals surface area (Å²) in [6.07, 6.45) is 5.04. The Labute approximate surface area is 237 Å². The molecule has 5 heterocycles. The molecule has 1 amide bonds. The Morgan fingerprint density at radius 3 is 2.46 bits per heavy atom. The molecule has 1 aromatic carbocycles. The van der Waals surface area contributed by atoms with E-state index in [4.69, 9.17) is 9.72 Å². The van der Waals surface area contributed by atoms with Gasteiger partial charge in [-0.2, -0.15) is 0 Å². The van der Waals surface area contributed by atoms with Crippen molar-refractivity contribution in [2.24, 2.45) is 0 Å². The minimum absolute atomic E-state index is 0.279. The van der Waals surface area contributed by atoms with Gasteiger partial charge in [-0.25, -0.2) is 9.97 Å². The fourth-order valence-electron chi connectivity index (χ4n) is 4.77. The standard InChI is InChI=1S/C31H30N8O2/c1-20-15-23(8-10-32-20)36-24-3-6-29(34-19-24)38-31(40)22-7-9-33-30(17-22)37-28-16-21(2)35-27-5-4-25(18-26(27)28)39-11-13-41-14-12-39/h3-10,15-19H,11-14H2,1-2H3,(H,32,36)(H,33,35,37)(H,34,38,40). The lowest BCUT2D eigenvalue weighted by molar-refractivity contribution is 0.102. The maximum absolute atomic E-state index is 13.1. The average Bonchev–Trinajstić information content (AvgIpc) is 2.98. The van der Waals surface area contributed by atoms with Crippen molar-refractivity contribution < 1.29 is 9.53 Å². The normalized spacial score (nSPS) is 13.2. The third-order valence-electron chi connectivity index (χ3n) is 6.77. The van der Waals surface area contributed by atoms with Gasteiger partial charge in [0.25, 0.3) is 5.91 Å². The van der Waals surface area contributed by atoms with Gasteiger partial charge < -0.3 is 25.6 Å². The SMILES string of the molecule is Cc1cc(Nc2ccc(NC(=O)c3ccnc(Nc4cc(C)nc5ccc(N6CCOCC6)cc45)c3)nc2)ccn1. The number of aryl methyl sites for hydroxylation is 2. The third kappa shape index (κ3) is 6.23. The van der Waals surface area contributed by atoms with Gasteiger partial charge in [0.15, 0.2) is 0 Å². The molecule has 0 saturated carbocycles. The average molecular weight is 547 g/mol. The second kappa shape index (κ2) is 11.6. The number of ether oxygens (including phenoxy) is 1. The number of carbonyl (C=O) groups excluding carboxylic acids is 1. The number of amides is 1. The lowest BCUT2D eigenvalue weighted by Gasteiger charge is -2.29. The Bertz CT molecular complexity index is 1700. The highest BCUT2D eigenvalue weighted by Gasteiger charge is 2.14. The summed E-state index contributed by atoms with van der Waals surface area (Å²) in [5.41, 5.74) is 6.88. The van der Waals surface area contributed by atoms with E-state index in [0.29, 0.717) is 17.2 Å². The van der Waals surface area contributed by atoms with E-state index >= 15 is 0 Å². The zero-order chi connectivity index (χ0) is 28.2. The van der Waals surface area contributed by atoms with Gasteiger partial charge in [-0.15, -0.1) is 0 Å². The van der Waals surface area contributed by atoms with Crippen LogP contribution in [-0.4, -0.2) is 52.1 Å². The number of nitrogens with one attached hydrogen (secondary N) is 3. The molecular weight excluding hydrogens is 516 g/mol. The fourth-order valence-corrected chi connectivity index (χ4v) is 4.77. The number of benzene rings is 1. The van der Waals surface area contributed by atoms with Gasteiger partial charge >= 0.3 is 0 Å². The van der Waals surface area contributed by atoms with Crippen LogP contribution >= 0.6 is 0 Å².